The van der Waals surface area contributed by atoms with Crippen molar-refractivity contribution in [1.29, 1.82) is 0 Å². The van der Waals surface area contributed by atoms with E-state index in [0.717, 1.165) is 17.5 Å². The molecule has 1 heterocycles. The lowest BCUT2D eigenvalue weighted by Crippen LogP contribution is -2.34. The summed E-state index contributed by atoms with van der Waals surface area (Å²) in [7, 11) is -3.62. The van der Waals surface area contributed by atoms with E-state index in [1.54, 1.807) is 17.0 Å². The second-order valence-corrected chi connectivity index (χ2v) is 7.95. The van der Waals surface area contributed by atoms with E-state index in [2.05, 4.69) is 4.72 Å². The molecule has 0 fully saturated rings. The Morgan fingerprint density at radius 1 is 1.15 bits per heavy atom. The normalized spacial score (nSPS) is 14.0. The van der Waals surface area contributed by atoms with Gasteiger partial charge in [0.2, 0.25) is 15.9 Å². The zero-order valence-corrected chi connectivity index (χ0v) is 15.5. The summed E-state index contributed by atoms with van der Waals surface area (Å²) in [6.45, 7) is 3.06. The molecule has 6 nitrogen and oxygen atoms in total. The summed E-state index contributed by atoms with van der Waals surface area (Å²) in [6.07, 6.45) is 0.744. The van der Waals surface area contributed by atoms with Crippen molar-refractivity contribution < 1.29 is 17.9 Å². The molecule has 0 unspecified atom stereocenters. The van der Waals surface area contributed by atoms with Gasteiger partial charge in [-0.05, 0) is 41.8 Å². The van der Waals surface area contributed by atoms with Crippen LogP contribution in [0.25, 0.3) is 0 Å². The molecule has 1 aliphatic heterocycles. The van der Waals surface area contributed by atoms with Crippen molar-refractivity contribution in [3.8, 4) is 5.75 Å². The molecule has 3 rings (SSSR count). The highest BCUT2D eigenvalue weighted by Gasteiger charge is 2.21. The standard InChI is InChI=1S/C19H22N2O4S/c1-15(22)21-11-9-16-7-8-19(13-17(16)14-21)26(23,24)20-10-12-25-18-5-3-2-4-6-18/h2-8,13,20H,9-12,14H2,1H3. The fourth-order valence-electron chi connectivity index (χ4n) is 2.91. The largest absolute Gasteiger partial charge is 0.492 e. The Kier molecular flexibility index (Phi) is 5.58. The molecule has 1 amide bonds. The molecule has 26 heavy (non-hydrogen) atoms. The first-order valence-corrected chi connectivity index (χ1v) is 9.99. The third-order valence-corrected chi connectivity index (χ3v) is 5.81. The number of fused-ring (bicyclic) bond motifs is 1. The van der Waals surface area contributed by atoms with E-state index in [1.807, 2.05) is 36.4 Å². The molecule has 0 saturated heterocycles. The van der Waals surface area contributed by atoms with Crippen LogP contribution in [0.2, 0.25) is 0 Å². The molecule has 0 aromatic heterocycles. The summed E-state index contributed by atoms with van der Waals surface area (Å²) in [5.41, 5.74) is 1.98. The number of carbonyl (C=O) groups excluding carboxylic acids is 1. The lowest BCUT2D eigenvalue weighted by molar-refractivity contribution is -0.129. The van der Waals surface area contributed by atoms with Crippen LogP contribution in [0.3, 0.4) is 0 Å². The third-order valence-electron chi connectivity index (χ3n) is 4.35. The van der Waals surface area contributed by atoms with Crippen LogP contribution in [0.4, 0.5) is 0 Å². The number of nitrogens with zero attached hydrogens (tertiary/aromatic N) is 1. The van der Waals surface area contributed by atoms with E-state index in [-0.39, 0.29) is 24.0 Å². The van der Waals surface area contributed by atoms with Crippen LogP contribution in [0.15, 0.2) is 53.4 Å². The van der Waals surface area contributed by atoms with Gasteiger partial charge in [-0.2, -0.15) is 0 Å². The summed E-state index contributed by atoms with van der Waals surface area (Å²) >= 11 is 0. The van der Waals surface area contributed by atoms with Crippen LogP contribution in [0, 0.1) is 0 Å². The second kappa shape index (κ2) is 7.88. The Balaban J connectivity index is 1.62. The molecule has 7 heteroatoms. The van der Waals surface area contributed by atoms with E-state index in [0.29, 0.717) is 18.8 Å². The average molecular weight is 374 g/mol. The van der Waals surface area contributed by atoms with Gasteiger partial charge in [0.05, 0.1) is 4.90 Å². The number of hydrogen-bond donors (Lipinski definition) is 1. The van der Waals surface area contributed by atoms with Crippen molar-refractivity contribution in [2.45, 2.75) is 24.8 Å². The molecular formula is C19H22N2O4S. The summed E-state index contributed by atoms with van der Waals surface area (Å²) in [6, 6.07) is 14.3. The van der Waals surface area contributed by atoms with Gasteiger partial charge in [-0.3, -0.25) is 4.79 Å². The zero-order valence-electron chi connectivity index (χ0n) is 14.6. The topological polar surface area (TPSA) is 75.7 Å². The Morgan fingerprint density at radius 3 is 2.65 bits per heavy atom. The minimum Gasteiger partial charge on any atom is -0.492 e. The number of benzene rings is 2. The number of nitrogens with one attached hydrogen (secondary N) is 1. The van der Waals surface area contributed by atoms with Crippen LogP contribution < -0.4 is 9.46 Å². The van der Waals surface area contributed by atoms with Crippen molar-refractivity contribution in [3.63, 3.8) is 0 Å². The van der Waals surface area contributed by atoms with E-state index < -0.39 is 10.0 Å². The van der Waals surface area contributed by atoms with E-state index in [9.17, 15) is 13.2 Å². The fraction of sp³-hybridized carbons (Fsp3) is 0.316. The quantitative estimate of drug-likeness (QED) is 0.784. The number of amides is 1. The van der Waals surface area contributed by atoms with Gasteiger partial charge in [0.1, 0.15) is 12.4 Å². The predicted molar refractivity (Wildman–Crippen MR) is 98.4 cm³/mol. The van der Waals surface area contributed by atoms with Crippen molar-refractivity contribution >= 4 is 15.9 Å². The first-order valence-electron chi connectivity index (χ1n) is 8.50. The number of ether oxygens (including phenoxy) is 1. The SMILES string of the molecule is CC(=O)N1CCc2ccc(S(=O)(=O)NCCOc3ccccc3)cc2C1. The molecule has 0 radical (unpaired) electrons. The Hall–Kier alpha value is -2.38. The number of carbonyl (C=O) groups is 1. The molecule has 1 N–H and O–H groups in total. The molecule has 0 bridgehead atoms. The van der Waals surface area contributed by atoms with Crippen LogP contribution in [-0.4, -0.2) is 38.9 Å². The van der Waals surface area contributed by atoms with Gasteiger partial charge >= 0.3 is 0 Å². The molecule has 138 valence electrons. The Bertz CT molecular complexity index is 882. The van der Waals surface area contributed by atoms with Gasteiger partial charge < -0.3 is 9.64 Å². The Morgan fingerprint density at radius 2 is 1.92 bits per heavy atom. The van der Waals surface area contributed by atoms with Gasteiger partial charge in [0, 0.05) is 26.6 Å². The van der Waals surface area contributed by atoms with E-state index >= 15 is 0 Å². The van der Waals surface area contributed by atoms with Gasteiger partial charge in [-0.1, -0.05) is 24.3 Å². The number of hydrogen-bond acceptors (Lipinski definition) is 4. The predicted octanol–water partition coefficient (Wildman–Crippen LogP) is 1.95. The Labute approximate surface area is 153 Å². The fourth-order valence-corrected chi connectivity index (χ4v) is 3.98. The maximum Gasteiger partial charge on any atom is 0.240 e. The van der Waals surface area contributed by atoms with E-state index in [4.69, 9.17) is 4.74 Å². The smallest absolute Gasteiger partial charge is 0.240 e. The van der Waals surface area contributed by atoms with Crippen molar-refractivity contribution in [1.82, 2.24) is 9.62 Å². The molecule has 1 aliphatic rings. The first-order chi connectivity index (χ1) is 12.5. The second-order valence-electron chi connectivity index (χ2n) is 6.18. The summed E-state index contributed by atoms with van der Waals surface area (Å²) < 4.78 is 33.0. The van der Waals surface area contributed by atoms with Crippen LogP contribution in [-0.2, 0) is 27.8 Å². The molecule has 2 aromatic carbocycles. The molecule has 0 spiro atoms. The zero-order chi connectivity index (χ0) is 18.6. The highest BCUT2D eigenvalue weighted by molar-refractivity contribution is 7.89. The maximum atomic E-state index is 12.5. The molecule has 0 aliphatic carbocycles. The van der Waals surface area contributed by atoms with Crippen LogP contribution >= 0.6 is 0 Å². The van der Waals surface area contributed by atoms with Crippen molar-refractivity contribution in [3.05, 3.63) is 59.7 Å². The van der Waals surface area contributed by atoms with Crippen LogP contribution in [0.1, 0.15) is 18.1 Å². The highest BCUT2D eigenvalue weighted by atomic mass is 32.2. The monoisotopic (exact) mass is 374 g/mol. The molecule has 0 saturated carbocycles. The van der Waals surface area contributed by atoms with Gasteiger partial charge in [0.15, 0.2) is 0 Å². The van der Waals surface area contributed by atoms with E-state index in [1.165, 1.54) is 6.92 Å². The van der Waals surface area contributed by atoms with Gasteiger partial charge in [-0.15, -0.1) is 0 Å². The summed E-state index contributed by atoms with van der Waals surface area (Å²) in [5, 5.41) is 0. The maximum absolute atomic E-state index is 12.5. The van der Waals surface area contributed by atoms with Crippen molar-refractivity contribution in [2.24, 2.45) is 0 Å². The summed E-state index contributed by atoms with van der Waals surface area (Å²) in [5.74, 6) is 0.699. The number of para-hydroxylation sites is 1. The average Bonchev–Trinajstić information content (AvgIpc) is 2.65. The number of rotatable bonds is 6. The molecule has 0 atom stereocenters. The molecule has 2 aromatic rings. The van der Waals surface area contributed by atoms with Crippen molar-refractivity contribution in [2.75, 3.05) is 19.7 Å². The minimum absolute atomic E-state index is 0.0000888. The minimum atomic E-state index is -3.62. The number of sulfonamides is 1. The lowest BCUT2D eigenvalue weighted by Gasteiger charge is -2.28. The van der Waals surface area contributed by atoms with Gasteiger partial charge in [0.25, 0.3) is 0 Å². The molecular weight excluding hydrogens is 352 g/mol. The first kappa shape index (κ1) is 18.4. The lowest BCUT2D eigenvalue weighted by atomic mass is 10.00. The van der Waals surface area contributed by atoms with Crippen LogP contribution in [0.5, 0.6) is 5.75 Å². The third kappa shape index (κ3) is 4.42. The highest BCUT2D eigenvalue weighted by Crippen LogP contribution is 2.22. The van der Waals surface area contributed by atoms with Gasteiger partial charge in [-0.25, -0.2) is 13.1 Å². The summed E-state index contributed by atoms with van der Waals surface area (Å²) in [4.78, 5) is 13.5.